The van der Waals surface area contributed by atoms with Crippen LogP contribution in [0.5, 0.6) is 0 Å². The molecule has 0 bridgehead atoms. The van der Waals surface area contributed by atoms with Crippen molar-refractivity contribution < 1.29 is 4.79 Å². The molecule has 1 aromatic rings. The summed E-state index contributed by atoms with van der Waals surface area (Å²) in [6.07, 6.45) is 4.10. The summed E-state index contributed by atoms with van der Waals surface area (Å²) in [7, 11) is 1.90. The fraction of sp³-hybridized carbons (Fsp3) is 0.667. The van der Waals surface area contributed by atoms with E-state index in [1.165, 1.54) is 0 Å². The van der Waals surface area contributed by atoms with Crippen molar-refractivity contribution in [1.82, 2.24) is 9.78 Å². The predicted molar refractivity (Wildman–Crippen MR) is 68.5 cm³/mol. The van der Waals surface area contributed by atoms with Gasteiger partial charge in [-0.15, -0.1) is 0 Å². The molecule has 90 valence electrons. The number of Topliss-reactive ketones (excluding diaryl/α,β-unsaturated/α-hetero) is 1. The van der Waals surface area contributed by atoms with Gasteiger partial charge in [0, 0.05) is 19.9 Å². The zero-order valence-corrected chi connectivity index (χ0v) is 11.8. The molecule has 0 N–H and O–H groups in total. The van der Waals surface area contributed by atoms with Gasteiger partial charge < -0.3 is 0 Å². The monoisotopic (exact) mass is 286 g/mol. The Hall–Kier alpha value is -0.640. The highest BCUT2D eigenvalue weighted by Gasteiger charge is 2.15. The number of halogens is 1. The van der Waals surface area contributed by atoms with E-state index in [1.54, 1.807) is 0 Å². The molecule has 0 amide bonds. The molecule has 0 radical (unpaired) electrons. The quantitative estimate of drug-likeness (QED) is 0.806. The first-order valence-electron chi connectivity index (χ1n) is 5.82. The standard InChI is InChI=1S/C12H19BrN2O/c1-4-6-7-9(16)8-11-12(13)10(5-2)14-15(11)3/h4-8H2,1-3H3. The second-order valence-electron chi connectivity index (χ2n) is 4.00. The average Bonchev–Trinajstić information content (AvgIpc) is 2.53. The molecule has 1 rings (SSSR count). The summed E-state index contributed by atoms with van der Waals surface area (Å²) < 4.78 is 2.81. The molecule has 0 unspecified atom stereocenters. The minimum atomic E-state index is 0.299. The first-order valence-corrected chi connectivity index (χ1v) is 6.61. The van der Waals surface area contributed by atoms with Crippen LogP contribution in [-0.4, -0.2) is 15.6 Å². The fourth-order valence-corrected chi connectivity index (χ4v) is 2.42. The van der Waals surface area contributed by atoms with Crippen molar-refractivity contribution in [2.24, 2.45) is 7.05 Å². The lowest BCUT2D eigenvalue weighted by molar-refractivity contribution is -0.118. The van der Waals surface area contributed by atoms with Gasteiger partial charge in [0.25, 0.3) is 0 Å². The number of unbranched alkanes of at least 4 members (excludes halogenated alkanes) is 1. The van der Waals surface area contributed by atoms with Crippen molar-refractivity contribution in [1.29, 1.82) is 0 Å². The molecule has 3 nitrogen and oxygen atoms in total. The van der Waals surface area contributed by atoms with E-state index in [1.807, 2.05) is 11.7 Å². The van der Waals surface area contributed by atoms with Crippen LogP contribution >= 0.6 is 15.9 Å². The zero-order chi connectivity index (χ0) is 12.1. The molecular formula is C12H19BrN2O. The topological polar surface area (TPSA) is 34.9 Å². The Bertz CT molecular complexity index is 371. The maximum Gasteiger partial charge on any atom is 0.138 e. The van der Waals surface area contributed by atoms with Gasteiger partial charge in [-0.05, 0) is 28.8 Å². The SMILES string of the molecule is CCCCC(=O)Cc1c(Br)c(CC)nn1C. The van der Waals surface area contributed by atoms with Gasteiger partial charge >= 0.3 is 0 Å². The van der Waals surface area contributed by atoms with E-state index in [4.69, 9.17) is 0 Å². The molecule has 4 heteroatoms. The fourth-order valence-electron chi connectivity index (χ4n) is 1.66. The highest BCUT2D eigenvalue weighted by Crippen LogP contribution is 2.22. The molecule has 1 aromatic heterocycles. The Labute approximate surface area is 105 Å². The van der Waals surface area contributed by atoms with Crippen LogP contribution in [0.15, 0.2) is 4.47 Å². The van der Waals surface area contributed by atoms with Crippen LogP contribution in [0.2, 0.25) is 0 Å². The summed E-state index contributed by atoms with van der Waals surface area (Å²) >= 11 is 3.52. The largest absolute Gasteiger partial charge is 0.299 e. The lowest BCUT2D eigenvalue weighted by Crippen LogP contribution is -2.07. The number of rotatable bonds is 6. The smallest absolute Gasteiger partial charge is 0.138 e. The normalized spacial score (nSPS) is 10.8. The summed E-state index contributed by atoms with van der Waals surface area (Å²) in [4.78, 5) is 11.7. The van der Waals surface area contributed by atoms with Crippen LogP contribution in [0.25, 0.3) is 0 Å². The van der Waals surface area contributed by atoms with Crippen LogP contribution in [0.4, 0.5) is 0 Å². The molecule has 16 heavy (non-hydrogen) atoms. The van der Waals surface area contributed by atoms with Crippen molar-refractivity contribution in [3.05, 3.63) is 15.9 Å². The first kappa shape index (κ1) is 13.4. The number of carbonyl (C=O) groups excluding carboxylic acids is 1. The first-order chi connectivity index (χ1) is 7.60. The van der Waals surface area contributed by atoms with Gasteiger partial charge in [0.2, 0.25) is 0 Å². The summed E-state index contributed by atoms with van der Waals surface area (Å²) in [6.45, 7) is 4.16. The molecule has 0 aromatic carbocycles. The lowest BCUT2D eigenvalue weighted by atomic mass is 10.1. The van der Waals surface area contributed by atoms with Gasteiger partial charge in [0.05, 0.1) is 15.9 Å². The lowest BCUT2D eigenvalue weighted by Gasteiger charge is -2.02. The van der Waals surface area contributed by atoms with Gasteiger partial charge in [-0.1, -0.05) is 20.3 Å². The molecule has 0 aliphatic carbocycles. The maximum atomic E-state index is 11.7. The van der Waals surface area contributed by atoms with E-state index < -0.39 is 0 Å². The number of nitrogens with zero attached hydrogens (tertiary/aromatic N) is 2. The average molecular weight is 287 g/mol. The van der Waals surface area contributed by atoms with E-state index in [2.05, 4.69) is 34.9 Å². The van der Waals surface area contributed by atoms with Crippen molar-refractivity contribution >= 4 is 21.7 Å². The molecule has 1 heterocycles. The van der Waals surface area contributed by atoms with E-state index in [-0.39, 0.29) is 0 Å². The maximum absolute atomic E-state index is 11.7. The highest BCUT2D eigenvalue weighted by molar-refractivity contribution is 9.10. The van der Waals surface area contributed by atoms with Crippen LogP contribution in [0.1, 0.15) is 44.5 Å². The Kier molecular flexibility index (Phi) is 5.19. The van der Waals surface area contributed by atoms with Gasteiger partial charge in [0.15, 0.2) is 0 Å². The van der Waals surface area contributed by atoms with E-state index in [0.717, 1.165) is 35.1 Å². The van der Waals surface area contributed by atoms with Crippen molar-refractivity contribution in [2.75, 3.05) is 0 Å². The zero-order valence-electron chi connectivity index (χ0n) is 10.2. The van der Waals surface area contributed by atoms with Gasteiger partial charge in [-0.2, -0.15) is 5.10 Å². The van der Waals surface area contributed by atoms with E-state index in [9.17, 15) is 4.79 Å². The molecule has 0 saturated heterocycles. The number of hydrogen-bond acceptors (Lipinski definition) is 2. The number of ketones is 1. The summed E-state index contributed by atoms with van der Waals surface area (Å²) in [6, 6.07) is 0. The summed E-state index contributed by atoms with van der Waals surface area (Å²) in [5, 5.41) is 4.38. The third-order valence-electron chi connectivity index (χ3n) is 2.68. The minimum absolute atomic E-state index is 0.299. The summed E-state index contributed by atoms with van der Waals surface area (Å²) in [5.74, 6) is 0.299. The third-order valence-corrected chi connectivity index (χ3v) is 3.59. The predicted octanol–water partition coefficient (Wildman–Crippen LogP) is 3.05. The van der Waals surface area contributed by atoms with Crippen LogP contribution < -0.4 is 0 Å². The minimum Gasteiger partial charge on any atom is -0.299 e. The van der Waals surface area contributed by atoms with Crippen LogP contribution in [0, 0.1) is 0 Å². The van der Waals surface area contributed by atoms with Gasteiger partial charge in [-0.3, -0.25) is 9.48 Å². The van der Waals surface area contributed by atoms with Crippen LogP contribution in [-0.2, 0) is 24.7 Å². The molecule has 0 saturated carbocycles. The molecular weight excluding hydrogens is 268 g/mol. The second-order valence-corrected chi connectivity index (χ2v) is 4.80. The van der Waals surface area contributed by atoms with Crippen molar-refractivity contribution in [3.8, 4) is 0 Å². The molecule has 0 atom stereocenters. The molecule has 0 aliphatic heterocycles. The van der Waals surface area contributed by atoms with Gasteiger partial charge in [0.1, 0.15) is 5.78 Å². The third kappa shape index (κ3) is 3.17. The van der Waals surface area contributed by atoms with Crippen molar-refractivity contribution in [2.45, 2.75) is 46.0 Å². The highest BCUT2D eigenvalue weighted by atomic mass is 79.9. The number of aryl methyl sites for hydroxylation is 2. The van der Waals surface area contributed by atoms with Crippen LogP contribution in [0.3, 0.4) is 0 Å². The Balaban J connectivity index is 2.73. The summed E-state index contributed by atoms with van der Waals surface area (Å²) in [5.41, 5.74) is 2.03. The van der Waals surface area contributed by atoms with Gasteiger partial charge in [-0.25, -0.2) is 0 Å². The molecule has 0 fully saturated rings. The number of carbonyl (C=O) groups is 1. The number of aromatic nitrogens is 2. The van der Waals surface area contributed by atoms with Crippen molar-refractivity contribution in [3.63, 3.8) is 0 Å². The number of hydrogen-bond donors (Lipinski definition) is 0. The molecule has 0 aliphatic rings. The Morgan fingerprint density at radius 2 is 2.12 bits per heavy atom. The van der Waals surface area contributed by atoms with E-state index >= 15 is 0 Å². The Morgan fingerprint density at radius 3 is 2.62 bits per heavy atom. The van der Waals surface area contributed by atoms with E-state index in [0.29, 0.717) is 18.6 Å². The molecule has 0 spiro atoms. The Morgan fingerprint density at radius 1 is 1.44 bits per heavy atom. The second kappa shape index (κ2) is 6.18.